The number of amides is 1. The summed E-state index contributed by atoms with van der Waals surface area (Å²) in [5.41, 5.74) is 3.52. The molecule has 35 heavy (non-hydrogen) atoms. The van der Waals surface area contributed by atoms with Gasteiger partial charge in [-0.05, 0) is 55.6 Å². The number of aromatic amines is 1. The van der Waals surface area contributed by atoms with Gasteiger partial charge in [-0.1, -0.05) is 12.6 Å². The summed E-state index contributed by atoms with van der Waals surface area (Å²) >= 11 is 0. The SMILES string of the molecule is C=CC(=O)Nc1cccc(OC2=c3cc[nH]c3=NC(Nc3ccc(N4CCN(C)CC4)cc3)N2)c1. The molecule has 3 heterocycles. The Kier molecular flexibility index (Phi) is 6.40. The van der Waals surface area contributed by atoms with Crippen LogP contribution in [-0.2, 0) is 4.79 Å². The minimum absolute atomic E-state index is 0.278. The second kappa shape index (κ2) is 9.94. The third-order valence-corrected chi connectivity index (χ3v) is 6.04. The number of piperazine rings is 1. The molecule has 1 amide bonds. The molecule has 1 fully saturated rings. The van der Waals surface area contributed by atoms with Crippen molar-refractivity contribution in [3.63, 3.8) is 0 Å². The molecule has 1 aromatic heterocycles. The number of ether oxygens (including phenoxy) is 1. The van der Waals surface area contributed by atoms with E-state index in [-0.39, 0.29) is 5.91 Å². The lowest BCUT2D eigenvalue weighted by atomic mass is 10.2. The van der Waals surface area contributed by atoms with E-state index in [2.05, 4.69) is 68.6 Å². The van der Waals surface area contributed by atoms with Crippen molar-refractivity contribution in [2.45, 2.75) is 6.29 Å². The number of hydrogen-bond donors (Lipinski definition) is 4. The van der Waals surface area contributed by atoms with Crippen LogP contribution in [0.2, 0.25) is 0 Å². The first kappa shape index (κ1) is 22.5. The molecule has 2 aliphatic heterocycles. The number of benzene rings is 2. The minimum atomic E-state index is -0.422. The van der Waals surface area contributed by atoms with Gasteiger partial charge in [-0.3, -0.25) is 4.79 Å². The van der Waals surface area contributed by atoms with Gasteiger partial charge < -0.3 is 35.5 Å². The number of likely N-dealkylation sites (N-methyl/N-ethyl adjacent to an activating group) is 1. The maximum Gasteiger partial charge on any atom is 0.247 e. The molecule has 0 aliphatic carbocycles. The molecule has 9 heteroatoms. The van der Waals surface area contributed by atoms with Crippen LogP contribution < -0.4 is 36.3 Å². The molecule has 4 N–H and O–H groups in total. The largest absolute Gasteiger partial charge is 0.440 e. The van der Waals surface area contributed by atoms with Crippen molar-refractivity contribution in [1.29, 1.82) is 0 Å². The number of hydrogen-bond acceptors (Lipinski definition) is 7. The van der Waals surface area contributed by atoms with Crippen LogP contribution in [0.15, 0.2) is 78.4 Å². The molecule has 1 atom stereocenters. The maximum absolute atomic E-state index is 11.6. The van der Waals surface area contributed by atoms with E-state index in [4.69, 9.17) is 9.73 Å². The Morgan fingerprint density at radius 1 is 1.11 bits per heavy atom. The second-order valence-electron chi connectivity index (χ2n) is 8.55. The Morgan fingerprint density at radius 3 is 2.69 bits per heavy atom. The van der Waals surface area contributed by atoms with Gasteiger partial charge in [-0.15, -0.1) is 0 Å². The normalized spacial score (nSPS) is 17.6. The Balaban J connectivity index is 1.29. The van der Waals surface area contributed by atoms with Gasteiger partial charge in [0.25, 0.3) is 0 Å². The zero-order valence-electron chi connectivity index (χ0n) is 19.6. The first-order chi connectivity index (χ1) is 17.1. The summed E-state index contributed by atoms with van der Waals surface area (Å²) in [5, 5.41) is 10.3. The van der Waals surface area contributed by atoms with E-state index in [9.17, 15) is 4.79 Å². The van der Waals surface area contributed by atoms with Gasteiger partial charge >= 0.3 is 0 Å². The van der Waals surface area contributed by atoms with Gasteiger partial charge in [-0.25, -0.2) is 4.99 Å². The molecule has 3 aromatic rings. The number of anilines is 3. The number of rotatable bonds is 7. The highest BCUT2D eigenvalue weighted by atomic mass is 16.5. The highest BCUT2D eigenvalue weighted by Gasteiger charge is 2.18. The van der Waals surface area contributed by atoms with Crippen LogP contribution >= 0.6 is 0 Å². The zero-order valence-corrected chi connectivity index (χ0v) is 19.6. The molecule has 5 rings (SSSR count). The van der Waals surface area contributed by atoms with E-state index in [1.807, 2.05) is 24.4 Å². The average Bonchev–Trinajstić information content (AvgIpc) is 3.34. The summed E-state index contributed by atoms with van der Waals surface area (Å²) in [6, 6.07) is 17.5. The van der Waals surface area contributed by atoms with Gasteiger partial charge in [0, 0.05) is 55.5 Å². The third kappa shape index (κ3) is 5.30. The summed E-state index contributed by atoms with van der Waals surface area (Å²) in [5.74, 6) is 0.869. The van der Waals surface area contributed by atoms with Crippen LogP contribution in [-0.4, -0.2) is 55.3 Å². The van der Waals surface area contributed by atoms with E-state index in [1.165, 1.54) is 11.8 Å². The molecule has 1 saturated heterocycles. The van der Waals surface area contributed by atoms with E-state index >= 15 is 0 Å². The van der Waals surface area contributed by atoms with E-state index < -0.39 is 6.29 Å². The Labute approximate surface area is 203 Å². The Bertz CT molecular complexity index is 1320. The lowest BCUT2D eigenvalue weighted by Gasteiger charge is -2.34. The fraction of sp³-hybridized carbons (Fsp3) is 0.231. The van der Waals surface area contributed by atoms with Crippen molar-refractivity contribution in [3.05, 3.63) is 84.2 Å². The molecule has 2 aromatic carbocycles. The van der Waals surface area contributed by atoms with Crippen LogP contribution in [0.5, 0.6) is 5.75 Å². The second-order valence-corrected chi connectivity index (χ2v) is 8.55. The number of H-pyrrole nitrogens is 1. The molecule has 0 spiro atoms. The van der Waals surface area contributed by atoms with Gasteiger partial charge in [0.05, 0.1) is 5.22 Å². The monoisotopic (exact) mass is 471 g/mol. The summed E-state index contributed by atoms with van der Waals surface area (Å²) in [4.78, 5) is 24.3. The molecule has 9 nitrogen and oxygen atoms in total. The molecular formula is C26H29N7O2. The highest BCUT2D eigenvalue weighted by Crippen LogP contribution is 2.21. The summed E-state index contributed by atoms with van der Waals surface area (Å²) in [6.45, 7) is 7.70. The maximum atomic E-state index is 11.6. The van der Waals surface area contributed by atoms with Crippen LogP contribution in [0.1, 0.15) is 0 Å². The van der Waals surface area contributed by atoms with Crippen molar-refractivity contribution in [3.8, 4) is 5.75 Å². The number of aromatic nitrogens is 1. The Morgan fingerprint density at radius 2 is 1.91 bits per heavy atom. The van der Waals surface area contributed by atoms with Gasteiger partial charge in [0.15, 0.2) is 6.29 Å². The standard InChI is InChI=1S/C26H29N7O2/c1-3-23(34)28-19-5-4-6-21(17-19)35-25-22-11-12-27-24(22)30-26(31-25)29-18-7-9-20(10-8-18)33-15-13-32(2)14-16-33/h3-12,17,26,29,31H,1,13-16H2,2H3,(H,27,30)(H,28,34). The quantitative estimate of drug-likeness (QED) is 0.392. The van der Waals surface area contributed by atoms with Crippen molar-refractivity contribution in [2.24, 2.45) is 4.99 Å². The average molecular weight is 472 g/mol. The van der Waals surface area contributed by atoms with Crippen molar-refractivity contribution >= 4 is 28.9 Å². The van der Waals surface area contributed by atoms with Crippen LogP contribution in [0.25, 0.3) is 5.88 Å². The molecule has 1 unspecified atom stereocenters. The van der Waals surface area contributed by atoms with Crippen LogP contribution in [0.4, 0.5) is 17.1 Å². The van der Waals surface area contributed by atoms with Crippen molar-refractivity contribution in [2.75, 3.05) is 48.8 Å². The van der Waals surface area contributed by atoms with Crippen molar-refractivity contribution < 1.29 is 9.53 Å². The predicted molar refractivity (Wildman–Crippen MR) is 138 cm³/mol. The molecule has 180 valence electrons. The fourth-order valence-electron chi connectivity index (χ4n) is 4.11. The zero-order chi connectivity index (χ0) is 24.2. The first-order valence-corrected chi connectivity index (χ1v) is 11.6. The summed E-state index contributed by atoms with van der Waals surface area (Å²) in [7, 11) is 2.16. The highest BCUT2D eigenvalue weighted by molar-refractivity contribution is 5.98. The van der Waals surface area contributed by atoms with Crippen LogP contribution in [0.3, 0.4) is 0 Å². The minimum Gasteiger partial charge on any atom is -0.440 e. The first-order valence-electron chi connectivity index (χ1n) is 11.6. The third-order valence-electron chi connectivity index (χ3n) is 6.04. The summed E-state index contributed by atoms with van der Waals surface area (Å²) in [6.07, 6.45) is 2.63. The topological polar surface area (TPSA) is 97.0 Å². The molecule has 2 aliphatic rings. The lowest BCUT2D eigenvalue weighted by molar-refractivity contribution is -0.111. The van der Waals surface area contributed by atoms with Gasteiger partial charge in [0.1, 0.15) is 11.2 Å². The lowest BCUT2D eigenvalue weighted by Crippen LogP contribution is -2.47. The van der Waals surface area contributed by atoms with E-state index in [1.54, 1.807) is 12.1 Å². The van der Waals surface area contributed by atoms with E-state index in [0.717, 1.165) is 42.6 Å². The molecule has 0 bridgehead atoms. The van der Waals surface area contributed by atoms with E-state index in [0.29, 0.717) is 17.3 Å². The number of carbonyl (C=O) groups excluding carboxylic acids is 1. The smallest absolute Gasteiger partial charge is 0.247 e. The number of nitrogens with zero attached hydrogens (tertiary/aromatic N) is 3. The van der Waals surface area contributed by atoms with Crippen LogP contribution in [0, 0.1) is 0 Å². The van der Waals surface area contributed by atoms with Gasteiger partial charge in [-0.2, -0.15) is 0 Å². The van der Waals surface area contributed by atoms with Gasteiger partial charge in [0.2, 0.25) is 11.8 Å². The molecular weight excluding hydrogens is 442 g/mol. The summed E-state index contributed by atoms with van der Waals surface area (Å²) < 4.78 is 6.17. The van der Waals surface area contributed by atoms with Crippen molar-refractivity contribution in [1.82, 2.24) is 15.2 Å². The predicted octanol–water partition coefficient (Wildman–Crippen LogP) is 1.65. The fourth-order valence-corrected chi connectivity index (χ4v) is 4.11. The Hall–Kier alpha value is -4.24. The number of fused-ring (bicyclic) bond motifs is 1. The number of carbonyl (C=O) groups is 1. The molecule has 0 radical (unpaired) electrons. The molecule has 0 saturated carbocycles. The number of nitrogens with one attached hydrogen (secondary N) is 4.